The van der Waals surface area contributed by atoms with Gasteiger partial charge >= 0.3 is 0 Å². The molecule has 0 bridgehead atoms. The minimum absolute atomic E-state index is 0. The molecule has 2 aromatic rings. The van der Waals surface area contributed by atoms with Crippen LogP contribution in [-0.2, 0) is 24.8 Å². The van der Waals surface area contributed by atoms with E-state index in [-0.39, 0.29) is 24.0 Å². The summed E-state index contributed by atoms with van der Waals surface area (Å²) < 4.78 is 12.6. The molecule has 1 heterocycles. The summed E-state index contributed by atoms with van der Waals surface area (Å²) in [6, 6.07) is 8.02. The zero-order valence-corrected chi connectivity index (χ0v) is 21.9. The number of nitrogens with zero attached hydrogens (tertiary/aromatic N) is 3. The molecule has 174 valence electrons. The Kier molecular flexibility index (Phi) is 13.2. The number of ether oxygens (including phenoxy) is 2. The molecule has 2 N–H and O–H groups in total. The minimum Gasteiger partial charge on any atom is -0.497 e. The number of aryl methyl sites for hydroxylation is 2. The molecule has 7 nitrogen and oxygen atoms in total. The molecule has 2 rings (SSSR count). The van der Waals surface area contributed by atoms with Crippen molar-refractivity contribution in [1.82, 2.24) is 20.4 Å². The van der Waals surface area contributed by atoms with E-state index in [2.05, 4.69) is 29.6 Å². The van der Waals surface area contributed by atoms with Gasteiger partial charge in [0.15, 0.2) is 5.96 Å². The first kappa shape index (κ1) is 27.2. The molecule has 1 aromatic carbocycles. The average molecular weight is 543 g/mol. The quantitative estimate of drug-likeness (QED) is 0.185. The number of hydrogen-bond donors (Lipinski definition) is 2. The number of hydrogen-bond acceptors (Lipinski definition) is 4. The highest BCUT2D eigenvalue weighted by Crippen LogP contribution is 2.14. The number of guanidine groups is 1. The fourth-order valence-electron chi connectivity index (χ4n) is 3.25. The van der Waals surface area contributed by atoms with Crippen molar-refractivity contribution in [1.29, 1.82) is 0 Å². The molecule has 0 unspecified atom stereocenters. The number of methoxy groups -OCH3 is 1. The van der Waals surface area contributed by atoms with E-state index in [4.69, 9.17) is 14.5 Å². The Hall–Kier alpha value is -1.81. The van der Waals surface area contributed by atoms with Crippen molar-refractivity contribution < 1.29 is 9.47 Å². The maximum atomic E-state index is 5.42. The van der Waals surface area contributed by atoms with Gasteiger partial charge in [-0.05, 0) is 63.3 Å². The van der Waals surface area contributed by atoms with Crippen molar-refractivity contribution in [3.8, 4) is 5.75 Å². The van der Waals surface area contributed by atoms with Crippen molar-refractivity contribution in [3.05, 3.63) is 46.8 Å². The van der Waals surface area contributed by atoms with Crippen molar-refractivity contribution >= 4 is 29.9 Å². The molecular formula is C23H38IN5O2. The Labute approximate surface area is 204 Å². The van der Waals surface area contributed by atoms with Gasteiger partial charge in [0.05, 0.1) is 19.3 Å². The van der Waals surface area contributed by atoms with E-state index in [1.165, 1.54) is 11.3 Å². The van der Waals surface area contributed by atoms with Crippen LogP contribution in [0, 0.1) is 13.8 Å². The van der Waals surface area contributed by atoms with Gasteiger partial charge in [0.2, 0.25) is 0 Å². The third-order valence-electron chi connectivity index (χ3n) is 5.10. The summed E-state index contributed by atoms with van der Waals surface area (Å²) >= 11 is 0. The van der Waals surface area contributed by atoms with Gasteiger partial charge in [-0.2, -0.15) is 5.10 Å². The van der Waals surface area contributed by atoms with Crippen LogP contribution in [0.15, 0.2) is 29.3 Å². The Morgan fingerprint density at radius 1 is 1.10 bits per heavy atom. The number of rotatable bonds is 12. The summed E-state index contributed by atoms with van der Waals surface area (Å²) in [6.45, 7) is 10.0. The zero-order valence-electron chi connectivity index (χ0n) is 19.5. The number of benzene rings is 1. The fourth-order valence-corrected chi connectivity index (χ4v) is 3.25. The Bertz CT molecular complexity index is 790. The highest BCUT2D eigenvalue weighted by molar-refractivity contribution is 14.0. The zero-order chi connectivity index (χ0) is 21.8. The van der Waals surface area contributed by atoms with Crippen LogP contribution in [-0.4, -0.2) is 49.2 Å². The molecular weight excluding hydrogens is 505 g/mol. The second-order valence-electron chi connectivity index (χ2n) is 7.29. The minimum atomic E-state index is 0. The van der Waals surface area contributed by atoms with E-state index in [1.54, 1.807) is 7.11 Å². The monoisotopic (exact) mass is 543 g/mol. The third kappa shape index (κ3) is 9.47. The van der Waals surface area contributed by atoms with Crippen molar-refractivity contribution in [2.24, 2.45) is 12.0 Å². The van der Waals surface area contributed by atoms with Crippen LogP contribution in [0.1, 0.15) is 42.3 Å². The van der Waals surface area contributed by atoms with Crippen molar-refractivity contribution in [2.75, 3.05) is 33.4 Å². The SMILES string of the molecule is CCOCCCNC(=NCc1ccc(OC)cc1)NCCCc1c(C)nn(C)c1C.I. The van der Waals surface area contributed by atoms with Crippen LogP contribution in [0.4, 0.5) is 0 Å². The molecule has 31 heavy (non-hydrogen) atoms. The van der Waals surface area contributed by atoms with Crippen molar-refractivity contribution in [2.45, 2.75) is 46.6 Å². The lowest BCUT2D eigenvalue weighted by molar-refractivity contribution is 0.145. The van der Waals surface area contributed by atoms with Gasteiger partial charge in [-0.15, -0.1) is 24.0 Å². The fraction of sp³-hybridized carbons (Fsp3) is 0.565. The maximum absolute atomic E-state index is 5.42. The highest BCUT2D eigenvalue weighted by Gasteiger charge is 2.08. The molecule has 0 aliphatic carbocycles. The van der Waals surface area contributed by atoms with E-state index in [0.29, 0.717) is 6.54 Å². The summed E-state index contributed by atoms with van der Waals surface area (Å²) in [7, 11) is 3.68. The van der Waals surface area contributed by atoms with Gasteiger partial charge in [-0.3, -0.25) is 4.68 Å². The molecule has 1 aromatic heterocycles. The predicted octanol–water partition coefficient (Wildman–Crippen LogP) is 3.76. The molecule has 0 aliphatic heterocycles. The second-order valence-corrected chi connectivity index (χ2v) is 7.29. The van der Waals surface area contributed by atoms with Crippen LogP contribution < -0.4 is 15.4 Å². The highest BCUT2D eigenvalue weighted by atomic mass is 127. The first-order chi connectivity index (χ1) is 14.5. The van der Waals surface area contributed by atoms with Crippen LogP contribution in [0.3, 0.4) is 0 Å². The van der Waals surface area contributed by atoms with Gasteiger partial charge in [0, 0.05) is 39.0 Å². The summed E-state index contributed by atoms with van der Waals surface area (Å²) in [5.74, 6) is 1.69. The van der Waals surface area contributed by atoms with Gasteiger partial charge in [0.25, 0.3) is 0 Å². The lowest BCUT2D eigenvalue weighted by Crippen LogP contribution is -2.38. The Morgan fingerprint density at radius 2 is 1.77 bits per heavy atom. The normalized spacial score (nSPS) is 11.2. The smallest absolute Gasteiger partial charge is 0.191 e. The molecule has 0 amide bonds. The largest absolute Gasteiger partial charge is 0.497 e. The maximum Gasteiger partial charge on any atom is 0.191 e. The lowest BCUT2D eigenvalue weighted by atomic mass is 10.1. The summed E-state index contributed by atoms with van der Waals surface area (Å²) in [5, 5.41) is 11.4. The summed E-state index contributed by atoms with van der Waals surface area (Å²) in [6.07, 6.45) is 2.98. The van der Waals surface area contributed by atoms with E-state index in [9.17, 15) is 0 Å². The molecule has 0 radical (unpaired) electrons. The molecule has 0 fully saturated rings. The average Bonchev–Trinajstić information content (AvgIpc) is 3.00. The molecule has 0 saturated heterocycles. The van der Waals surface area contributed by atoms with E-state index in [1.807, 2.05) is 42.9 Å². The van der Waals surface area contributed by atoms with Gasteiger partial charge in [0.1, 0.15) is 5.75 Å². The summed E-state index contributed by atoms with van der Waals surface area (Å²) in [5.41, 5.74) is 4.86. The van der Waals surface area contributed by atoms with Crippen LogP contribution in [0.5, 0.6) is 5.75 Å². The number of nitrogens with one attached hydrogen (secondary N) is 2. The Morgan fingerprint density at radius 3 is 2.35 bits per heavy atom. The third-order valence-corrected chi connectivity index (χ3v) is 5.10. The molecule has 0 atom stereocenters. The lowest BCUT2D eigenvalue weighted by Gasteiger charge is -2.13. The van der Waals surface area contributed by atoms with E-state index < -0.39 is 0 Å². The predicted molar refractivity (Wildman–Crippen MR) is 138 cm³/mol. The number of aromatic nitrogens is 2. The van der Waals surface area contributed by atoms with Gasteiger partial charge < -0.3 is 20.1 Å². The molecule has 8 heteroatoms. The second kappa shape index (κ2) is 15.1. The van der Waals surface area contributed by atoms with Crippen LogP contribution >= 0.6 is 24.0 Å². The van der Waals surface area contributed by atoms with Gasteiger partial charge in [-0.25, -0.2) is 4.99 Å². The number of halogens is 1. The Balaban J connectivity index is 0.00000480. The molecule has 0 aliphatic rings. The topological polar surface area (TPSA) is 72.7 Å². The van der Waals surface area contributed by atoms with Crippen LogP contribution in [0.2, 0.25) is 0 Å². The molecule has 0 saturated carbocycles. The van der Waals surface area contributed by atoms with Gasteiger partial charge in [-0.1, -0.05) is 12.1 Å². The summed E-state index contributed by atoms with van der Waals surface area (Å²) in [4.78, 5) is 4.75. The van der Waals surface area contributed by atoms with Crippen molar-refractivity contribution in [3.63, 3.8) is 0 Å². The molecule has 0 spiro atoms. The first-order valence-corrected chi connectivity index (χ1v) is 10.8. The first-order valence-electron chi connectivity index (χ1n) is 10.8. The van der Waals surface area contributed by atoms with E-state index in [0.717, 1.165) is 68.5 Å². The standard InChI is InChI=1S/C23H37N5O2.HI/c1-6-30-16-8-15-25-23(26-17-20-10-12-21(29-5)13-11-20)24-14-7-9-22-18(2)27-28(4)19(22)3;/h10-13H,6-9,14-17H2,1-5H3,(H2,24,25,26);1H. The van der Waals surface area contributed by atoms with E-state index >= 15 is 0 Å². The number of aliphatic imine (C=N–C) groups is 1. The van der Waals surface area contributed by atoms with Crippen LogP contribution in [0.25, 0.3) is 0 Å².